The lowest BCUT2D eigenvalue weighted by molar-refractivity contribution is 0.0950. The van der Waals surface area contributed by atoms with Gasteiger partial charge in [-0.2, -0.15) is 0 Å². The minimum absolute atomic E-state index is 0.0737. The number of nitrogens with zero attached hydrogens (tertiary/aromatic N) is 3. The van der Waals surface area contributed by atoms with Gasteiger partial charge >= 0.3 is 0 Å². The molecule has 0 aliphatic carbocycles. The third-order valence-corrected chi connectivity index (χ3v) is 4.89. The first kappa shape index (κ1) is 17.9. The van der Waals surface area contributed by atoms with Crippen molar-refractivity contribution in [3.8, 4) is 0 Å². The summed E-state index contributed by atoms with van der Waals surface area (Å²) in [6.45, 7) is 9.78. The van der Waals surface area contributed by atoms with Crippen LogP contribution in [0.3, 0.4) is 0 Å². The molecule has 0 spiro atoms. The summed E-state index contributed by atoms with van der Waals surface area (Å²) in [6.07, 6.45) is 5.16. The summed E-state index contributed by atoms with van der Waals surface area (Å²) in [5.74, 6) is 0.147. The Kier molecular flexibility index (Phi) is 5.68. The highest BCUT2D eigenvalue weighted by Crippen LogP contribution is 2.25. The van der Waals surface area contributed by atoms with Crippen LogP contribution in [-0.2, 0) is 0 Å². The number of rotatable bonds is 5. The topological polar surface area (TPSA) is 71.3 Å². The molecule has 1 aliphatic rings. The van der Waals surface area contributed by atoms with E-state index in [0.717, 1.165) is 30.7 Å². The van der Waals surface area contributed by atoms with E-state index in [-0.39, 0.29) is 11.8 Å². The van der Waals surface area contributed by atoms with Crippen molar-refractivity contribution in [3.05, 3.63) is 23.0 Å². The Morgan fingerprint density at radius 3 is 2.68 bits per heavy atom. The van der Waals surface area contributed by atoms with Gasteiger partial charge in [0.05, 0.1) is 16.6 Å². The van der Waals surface area contributed by atoms with E-state index in [0.29, 0.717) is 23.5 Å². The molecule has 1 amide bonds. The van der Waals surface area contributed by atoms with Crippen LogP contribution in [0.1, 0.15) is 67.2 Å². The molecule has 1 saturated heterocycles. The maximum absolute atomic E-state index is 12.8. The molecular formula is C19H28N4O2. The minimum Gasteiger partial charge on any atom is -0.351 e. The van der Waals surface area contributed by atoms with Crippen LogP contribution >= 0.6 is 0 Å². The predicted molar refractivity (Wildman–Crippen MR) is 97.9 cm³/mol. The number of nitrogens with one attached hydrogen (secondary N) is 1. The van der Waals surface area contributed by atoms with Gasteiger partial charge in [0.15, 0.2) is 0 Å². The number of hydrogen-bond acceptors (Lipinski definition) is 5. The molecule has 0 atom stereocenters. The van der Waals surface area contributed by atoms with E-state index in [1.807, 2.05) is 13.0 Å². The third kappa shape index (κ3) is 4.18. The Labute approximate surface area is 149 Å². The fourth-order valence-corrected chi connectivity index (χ4v) is 3.37. The average molecular weight is 344 g/mol. The number of aryl methyl sites for hydroxylation is 1. The first-order chi connectivity index (χ1) is 12.1. The number of hydrogen-bond donors (Lipinski definition) is 1. The standard InChI is InChI=1S/C19H28N4O2/c1-13(2)16-12-15(17-14(3)22-25-19(17)21-16)18(24)20-8-11-23-9-6-4-5-7-10-23/h12-13H,4-11H2,1-3H3,(H,20,24). The Morgan fingerprint density at radius 1 is 1.28 bits per heavy atom. The van der Waals surface area contributed by atoms with Crippen molar-refractivity contribution in [2.24, 2.45) is 0 Å². The molecule has 1 N–H and O–H groups in total. The van der Waals surface area contributed by atoms with Crippen LogP contribution in [0.4, 0.5) is 0 Å². The van der Waals surface area contributed by atoms with Gasteiger partial charge in [0.2, 0.25) is 0 Å². The highest BCUT2D eigenvalue weighted by Gasteiger charge is 2.19. The molecule has 6 heteroatoms. The van der Waals surface area contributed by atoms with Gasteiger partial charge < -0.3 is 14.7 Å². The maximum atomic E-state index is 12.8. The van der Waals surface area contributed by atoms with Crippen molar-refractivity contribution in [2.45, 2.75) is 52.4 Å². The van der Waals surface area contributed by atoms with Gasteiger partial charge in [0.25, 0.3) is 11.6 Å². The molecule has 1 aliphatic heterocycles. The smallest absolute Gasteiger partial charge is 0.259 e. The lowest BCUT2D eigenvalue weighted by Crippen LogP contribution is -2.35. The second-order valence-corrected chi connectivity index (χ2v) is 7.21. The lowest BCUT2D eigenvalue weighted by atomic mass is 10.0. The zero-order valence-corrected chi connectivity index (χ0v) is 15.5. The number of fused-ring (bicyclic) bond motifs is 1. The van der Waals surface area contributed by atoms with E-state index >= 15 is 0 Å². The van der Waals surface area contributed by atoms with Gasteiger partial charge in [-0.1, -0.05) is 31.8 Å². The van der Waals surface area contributed by atoms with E-state index < -0.39 is 0 Å². The van der Waals surface area contributed by atoms with Gasteiger partial charge in [-0.3, -0.25) is 4.79 Å². The van der Waals surface area contributed by atoms with Gasteiger partial charge in [0.1, 0.15) is 0 Å². The van der Waals surface area contributed by atoms with Gasteiger partial charge in [-0.05, 0) is 44.8 Å². The van der Waals surface area contributed by atoms with Crippen LogP contribution in [0, 0.1) is 6.92 Å². The summed E-state index contributed by atoms with van der Waals surface area (Å²) < 4.78 is 5.29. The van der Waals surface area contributed by atoms with Crippen LogP contribution in [0.25, 0.3) is 11.1 Å². The number of carbonyl (C=O) groups is 1. The first-order valence-corrected chi connectivity index (χ1v) is 9.33. The zero-order chi connectivity index (χ0) is 17.8. The summed E-state index contributed by atoms with van der Waals surface area (Å²) >= 11 is 0. The Bertz CT molecular complexity index is 730. The largest absolute Gasteiger partial charge is 0.351 e. The Hall–Kier alpha value is -1.95. The van der Waals surface area contributed by atoms with E-state index in [9.17, 15) is 4.79 Å². The number of aromatic nitrogens is 2. The van der Waals surface area contributed by atoms with E-state index in [1.165, 1.54) is 25.7 Å². The van der Waals surface area contributed by atoms with Crippen LogP contribution < -0.4 is 5.32 Å². The van der Waals surface area contributed by atoms with Gasteiger partial charge in [-0.15, -0.1) is 0 Å². The van der Waals surface area contributed by atoms with E-state index in [2.05, 4.69) is 34.2 Å². The minimum atomic E-state index is -0.0737. The Balaban J connectivity index is 1.71. The van der Waals surface area contributed by atoms with Crippen LogP contribution in [-0.4, -0.2) is 47.1 Å². The monoisotopic (exact) mass is 344 g/mol. The van der Waals surface area contributed by atoms with Crippen LogP contribution in [0.2, 0.25) is 0 Å². The first-order valence-electron chi connectivity index (χ1n) is 9.33. The summed E-state index contributed by atoms with van der Waals surface area (Å²) in [6, 6.07) is 1.87. The summed E-state index contributed by atoms with van der Waals surface area (Å²) in [5.41, 5.74) is 2.61. The molecule has 0 aromatic carbocycles. The van der Waals surface area contributed by atoms with Crippen LogP contribution in [0.5, 0.6) is 0 Å². The van der Waals surface area contributed by atoms with Crippen molar-refractivity contribution in [1.82, 2.24) is 20.4 Å². The fraction of sp³-hybridized carbons (Fsp3) is 0.632. The fourth-order valence-electron chi connectivity index (χ4n) is 3.37. The number of pyridine rings is 1. The number of amides is 1. The highest BCUT2D eigenvalue weighted by atomic mass is 16.5. The molecule has 0 unspecified atom stereocenters. The molecular weight excluding hydrogens is 316 g/mol. The molecule has 6 nitrogen and oxygen atoms in total. The molecule has 3 heterocycles. The molecule has 25 heavy (non-hydrogen) atoms. The molecule has 1 fully saturated rings. The van der Waals surface area contributed by atoms with Crippen LogP contribution in [0.15, 0.2) is 10.6 Å². The SMILES string of the molecule is Cc1noc2nc(C(C)C)cc(C(=O)NCCN3CCCCCC3)c12. The molecule has 0 saturated carbocycles. The average Bonchev–Trinajstić information content (AvgIpc) is 2.81. The molecule has 3 rings (SSSR count). The lowest BCUT2D eigenvalue weighted by Gasteiger charge is -2.19. The van der Waals surface area contributed by atoms with Crippen molar-refractivity contribution < 1.29 is 9.32 Å². The van der Waals surface area contributed by atoms with Gasteiger partial charge in [-0.25, -0.2) is 4.98 Å². The third-order valence-electron chi connectivity index (χ3n) is 4.89. The second kappa shape index (κ2) is 7.95. The van der Waals surface area contributed by atoms with E-state index in [4.69, 9.17) is 4.52 Å². The summed E-state index contributed by atoms with van der Waals surface area (Å²) in [5, 5.41) is 7.76. The molecule has 2 aromatic heterocycles. The maximum Gasteiger partial charge on any atom is 0.259 e. The van der Waals surface area contributed by atoms with Crippen molar-refractivity contribution >= 4 is 17.0 Å². The zero-order valence-electron chi connectivity index (χ0n) is 15.5. The highest BCUT2D eigenvalue weighted by molar-refractivity contribution is 6.06. The molecule has 136 valence electrons. The Morgan fingerprint density at radius 2 is 2.00 bits per heavy atom. The normalized spacial score (nSPS) is 16.3. The van der Waals surface area contributed by atoms with Crippen molar-refractivity contribution in [2.75, 3.05) is 26.2 Å². The quantitative estimate of drug-likeness (QED) is 0.901. The second-order valence-electron chi connectivity index (χ2n) is 7.21. The summed E-state index contributed by atoms with van der Waals surface area (Å²) in [4.78, 5) is 19.7. The molecule has 2 aromatic rings. The van der Waals surface area contributed by atoms with Crippen molar-refractivity contribution in [1.29, 1.82) is 0 Å². The van der Waals surface area contributed by atoms with Crippen molar-refractivity contribution in [3.63, 3.8) is 0 Å². The number of likely N-dealkylation sites (tertiary alicyclic amines) is 1. The molecule has 0 radical (unpaired) electrons. The summed E-state index contributed by atoms with van der Waals surface area (Å²) in [7, 11) is 0. The van der Waals surface area contributed by atoms with Gasteiger partial charge in [0, 0.05) is 18.8 Å². The van der Waals surface area contributed by atoms with E-state index in [1.54, 1.807) is 0 Å². The predicted octanol–water partition coefficient (Wildman–Crippen LogP) is 3.26. The molecule has 0 bridgehead atoms. The number of carbonyl (C=O) groups excluding carboxylic acids is 1.